The average molecular weight is 237 g/mol. The summed E-state index contributed by atoms with van der Waals surface area (Å²) < 4.78 is 16.2. The van der Waals surface area contributed by atoms with E-state index >= 15 is 0 Å². The van der Waals surface area contributed by atoms with Crippen molar-refractivity contribution in [3.63, 3.8) is 0 Å². The van der Waals surface area contributed by atoms with Gasteiger partial charge in [0.05, 0.1) is 33.0 Å². The van der Waals surface area contributed by atoms with E-state index in [1.807, 2.05) is 18.2 Å². The molecule has 2 rings (SSSR count). The second-order valence-electron chi connectivity index (χ2n) is 4.21. The smallest absolute Gasteiger partial charge is 0.127 e. The second kappa shape index (κ2) is 5.38. The van der Waals surface area contributed by atoms with Gasteiger partial charge in [-0.3, -0.25) is 0 Å². The number of benzene rings is 1. The minimum absolute atomic E-state index is 0.187. The molecule has 0 amide bonds. The van der Waals surface area contributed by atoms with Crippen LogP contribution < -0.4 is 14.8 Å². The fraction of sp³-hybridized carbons (Fsp3) is 0.538. The van der Waals surface area contributed by atoms with Gasteiger partial charge >= 0.3 is 0 Å². The molecular weight excluding hydrogens is 218 g/mol. The van der Waals surface area contributed by atoms with E-state index in [9.17, 15) is 0 Å². The minimum Gasteiger partial charge on any atom is -0.497 e. The average Bonchev–Trinajstić information content (AvgIpc) is 2.39. The van der Waals surface area contributed by atoms with Gasteiger partial charge in [0, 0.05) is 18.2 Å². The van der Waals surface area contributed by atoms with E-state index < -0.39 is 0 Å². The lowest BCUT2D eigenvalue weighted by Crippen LogP contribution is -2.39. The molecule has 0 aromatic heterocycles. The maximum atomic E-state index is 5.65. The Morgan fingerprint density at radius 1 is 1.29 bits per heavy atom. The molecule has 1 aromatic rings. The van der Waals surface area contributed by atoms with Gasteiger partial charge in [-0.05, 0) is 19.1 Å². The maximum absolute atomic E-state index is 5.65. The van der Waals surface area contributed by atoms with Gasteiger partial charge < -0.3 is 19.5 Å². The van der Waals surface area contributed by atoms with Gasteiger partial charge in [-0.2, -0.15) is 0 Å². The first-order valence-corrected chi connectivity index (χ1v) is 5.81. The molecule has 0 bridgehead atoms. The molecule has 2 atom stereocenters. The summed E-state index contributed by atoms with van der Waals surface area (Å²) in [6, 6.07) is 6.05. The molecule has 1 fully saturated rings. The predicted octanol–water partition coefficient (Wildman–Crippen LogP) is 1.75. The van der Waals surface area contributed by atoms with E-state index in [0.29, 0.717) is 6.61 Å². The fourth-order valence-corrected chi connectivity index (χ4v) is 1.99. The Bertz CT molecular complexity index is 373. The van der Waals surface area contributed by atoms with Crippen molar-refractivity contribution >= 4 is 0 Å². The number of ether oxygens (including phenoxy) is 3. The van der Waals surface area contributed by atoms with Crippen LogP contribution in [-0.4, -0.2) is 33.5 Å². The van der Waals surface area contributed by atoms with Crippen molar-refractivity contribution in [2.45, 2.75) is 19.1 Å². The van der Waals surface area contributed by atoms with Gasteiger partial charge in [-0.25, -0.2) is 0 Å². The Kier molecular flexibility index (Phi) is 3.86. The van der Waals surface area contributed by atoms with Crippen molar-refractivity contribution in [2.75, 3.05) is 27.4 Å². The van der Waals surface area contributed by atoms with Crippen LogP contribution in [0.4, 0.5) is 0 Å². The van der Waals surface area contributed by atoms with Gasteiger partial charge in [0.15, 0.2) is 0 Å². The zero-order valence-electron chi connectivity index (χ0n) is 10.5. The molecule has 1 heterocycles. The summed E-state index contributed by atoms with van der Waals surface area (Å²) in [5.74, 6) is 1.63. The number of methoxy groups -OCH3 is 2. The van der Waals surface area contributed by atoms with E-state index in [0.717, 1.165) is 23.6 Å². The van der Waals surface area contributed by atoms with Crippen molar-refractivity contribution in [3.05, 3.63) is 23.8 Å². The summed E-state index contributed by atoms with van der Waals surface area (Å²) in [6.07, 6.45) is 0.274. The number of nitrogens with one attached hydrogen (secondary N) is 1. The normalized spacial score (nSPS) is 24.4. The molecule has 0 aliphatic carbocycles. The molecule has 1 aromatic carbocycles. The zero-order valence-corrected chi connectivity index (χ0v) is 10.5. The van der Waals surface area contributed by atoms with E-state index in [1.165, 1.54) is 0 Å². The first-order chi connectivity index (χ1) is 8.24. The lowest BCUT2D eigenvalue weighted by molar-refractivity contribution is 0.0144. The second-order valence-corrected chi connectivity index (χ2v) is 4.21. The van der Waals surface area contributed by atoms with Crippen LogP contribution in [0.1, 0.15) is 18.5 Å². The Morgan fingerprint density at radius 2 is 2.12 bits per heavy atom. The molecule has 1 N–H and O–H groups in total. The predicted molar refractivity (Wildman–Crippen MR) is 65.7 cm³/mol. The quantitative estimate of drug-likeness (QED) is 0.869. The zero-order chi connectivity index (χ0) is 12.3. The summed E-state index contributed by atoms with van der Waals surface area (Å²) in [7, 11) is 3.32. The van der Waals surface area contributed by atoms with Gasteiger partial charge in [0.25, 0.3) is 0 Å². The Morgan fingerprint density at radius 3 is 2.71 bits per heavy atom. The van der Waals surface area contributed by atoms with Gasteiger partial charge in [0.2, 0.25) is 0 Å². The summed E-state index contributed by atoms with van der Waals surface area (Å²) >= 11 is 0. The fourth-order valence-electron chi connectivity index (χ4n) is 1.99. The molecular formula is C13H19NO3. The number of hydrogen-bond acceptors (Lipinski definition) is 4. The molecule has 4 heteroatoms. The summed E-state index contributed by atoms with van der Waals surface area (Å²) in [6.45, 7) is 3.60. The molecule has 2 unspecified atom stereocenters. The maximum Gasteiger partial charge on any atom is 0.127 e. The SMILES string of the molecule is COc1ccc(C2COC(C)CN2)c(OC)c1. The van der Waals surface area contributed by atoms with Crippen LogP contribution in [-0.2, 0) is 4.74 Å². The van der Waals surface area contributed by atoms with E-state index in [-0.39, 0.29) is 12.1 Å². The molecule has 0 radical (unpaired) electrons. The molecule has 94 valence electrons. The third kappa shape index (κ3) is 2.70. The van der Waals surface area contributed by atoms with E-state index in [1.54, 1.807) is 14.2 Å². The van der Waals surface area contributed by atoms with Crippen LogP contribution in [0.3, 0.4) is 0 Å². The molecule has 1 aliphatic rings. The molecule has 0 spiro atoms. The summed E-state index contributed by atoms with van der Waals surface area (Å²) in [4.78, 5) is 0. The standard InChI is InChI=1S/C13H19NO3/c1-9-7-14-12(8-17-9)11-5-4-10(15-2)6-13(11)16-3/h4-6,9,12,14H,7-8H2,1-3H3. The summed E-state index contributed by atoms with van der Waals surface area (Å²) in [5.41, 5.74) is 1.11. The highest BCUT2D eigenvalue weighted by molar-refractivity contribution is 5.42. The van der Waals surface area contributed by atoms with E-state index in [2.05, 4.69) is 12.2 Å². The lowest BCUT2D eigenvalue weighted by Gasteiger charge is -2.29. The Labute approximate surface area is 102 Å². The number of hydrogen-bond donors (Lipinski definition) is 1. The van der Waals surface area contributed by atoms with Crippen LogP contribution >= 0.6 is 0 Å². The van der Waals surface area contributed by atoms with Crippen molar-refractivity contribution in [2.24, 2.45) is 0 Å². The Balaban J connectivity index is 2.19. The van der Waals surface area contributed by atoms with Crippen molar-refractivity contribution in [1.82, 2.24) is 5.32 Å². The van der Waals surface area contributed by atoms with Gasteiger partial charge in [0.1, 0.15) is 11.5 Å². The van der Waals surface area contributed by atoms with Gasteiger partial charge in [-0.1, -0.05) is 0 Å². The first-order valence-electron chi connectivity index (χ1n) is 5.81. The minimum atomic E-state index is 0.187. The summed E-state index contributed by atoms with van der Waals surface area (Å²) in [5, 5.41) is 3.45. The highest BCUT2D eigenvalue weighted by atomic mass is 16.5. The largest absolute Gasteiger partial charge is 0.497 e. The van der Waals surface area contributed by atoms with Crippen LogP contribution in [0.15, 0.2) is 18.2 Å². The van der Waals surface area contributed by atoms with Crippen molar-refractivity contribution in [1.29, 1.82) is 0 Å². The molecule has 0 saturated carbocycles. The van der Waals surface area contributed by atoms with Crippen LogP contribution in [0.25, 0.3) is 0 Å². The number of morpholine rings is 1. The van der Waals surface area contributed by atoms with Gasteiger partial charge in [-0.15, -0.1) is 0 Å². The lowest BCUT2D eigenvalue weighted by atomic mass is 10.0. The molecule has 1 saturated heterocycles. The topological polar surface area (TPSA) is 39.7 Å². The highest BCUT2D eigenvalue weighted by Crippen LogP contribution is 2.30. The van der Waals surface area contributed by atoms with Crippen LogP contribution in [0.5, 0.6) is 11.5 Å². The van der Waals surface area contributed by atoms with E-state index in [4.69, 9.17) is 14.2 Å². The van der Waals surface area contributed by atoms with Crippen molar-refractivity contribution < 1.29 is 14.2 Å². The van der Waals surface area contributed by atoms with Crippen LogP contribution in [0, 0.1) is 0 Å². The molecule has 1 aliphatic heterocycles. The third-order valence-corrected chi connectivity index (χ3v) is 3.02. The van der Waals surface area contributed by atoms with Crippen LogP contribution in [0.2, 0.25) is 0 Å². The monoisotopic (exact) mass is 237 g/mol. The Hall–Kier alpha value is -1.26. The molecule has 17 heavy (non-hydrogen) atoms. The number of rotatable bonds is 3. The molecule has 4 nitrogen and oxygen atoms in total. The third-order valence-electron chi connectivity index (χ3n) is 3.02. The van der Waals surface area contributed by atoms with Crippen molar-refractivity contribution in [3.8, 4) is 11.5 Å². The first kappa shape index (κ1) is 12.2. The highest BCUT2D eigenvalue weighted by Gasteiger charge is 2.22.